The number of likely N-dealkylation sites (tertiary alicyclic amines) is 1. The highest BCUT2D eigenvalue weighted by Gasteiger charge is 2.37. The zero-order valence-electron chi connectivity index (χ0n) is 12.0. The van der Waals surface area contributed by atoms with Crippen molar-refractivity contribution in [3.63, 3.8) is 0 Å². The molecule has 0 aromatic heterocycles. The van der Waals surface area contributed by atoms with Gasteiger partial charge in [-0.15, -0.1) is 0 Å². The van der Waals surface area contributed by atoms with Gasteiger partial charge in [0.15, 0.2) is 0 Å². The molecule has 2 aliphatic rings. The molecule has 4 heteroatoms. The Balaban J connectivity index is 1.83. The monoisotopic (exact) mass is 253 g/mol. The van der Waals surface area contributed by atoms with E-state index in [9.17, 15) is 4.79 Å². The Labute approximate surface area is 111 Å². The number of carbonyl (C=O) groups excluding carboxylic acids is 1. The average Bonchev–Trinajstić information content (AvgIpc) is 3.11. The van der Waals surface area contributed by atoms with E-state index in [1.807, 2.05) is 0 Å². The summed E-state index contributed by atoms with van der Waals surface area (Å²) in [6.07, 6.45) is 3.48. The van der Waals surface area contributed by atoms with Gasteiger partial charge in [0.2, 0.25) is 5.91 Å². The highest BCUT2D eigenvalue weighted by molar-refractivity contribution is 5.84. The Morgan fingerprint density at radius 1 is 1.33 bits per heavy atom. The zero-order valence-corrected chi connectivity index (χ0v) is 12.0. The van der Waals surface area contributed by atoms with Crippen molar-refractivity contribution in [3.8, 4) is 0 Å². The molecule has 0 spiro atoms. The van der Waals surface area contributed by atoms with Crippen LogP contribution >= 0.6 is 0 Å². The molecule has 1 aliphatic carbocycles. The maximum Gasteiger partial charge on any atom is 0.240 e. The molecule has 4 nitrogen and oxygen atoms in total. The average molecular weight is 253 g/mol. The van der Waals surface area contributed by atoms with Gasteiger partial charge in [0.05, 0.1) is 6.04 Å². The Morgan fingerprint density at radius 3 is 2.56 bits per heavy atom. The first-order valence-corrected chi connectivity index (χ1v) is 7.44. The molecule has 0 bridgehead atoms. The largest absolute Gasteiger partial charge is 0.337 e. The Bertz CT molecular complexity index is 287. The minimum atomic E-state index is 0.0941. The molecule has 1 aliphatic heterocycles. The van der Waals surface area contributed by atoms with Crippen molar-refractivity contribution in [1.82, 2.24) is 15.1 Å². The quantitative estimate of drug-likeness (QED) is 0.737. The molecule has 104 valence electrons. The van der Waals surface area contributed by atoms with Crippen LogP contribution in [0.4, 0.5) is 0 Å². The first kappa shape index (κ1) is 13.8. The molecule has 0 aromatic rings. The van der Waals surface area contributed by atoms with Crippen LogP contribution in [0.1, 0.15) is 40.0 Å². The lowest BCUT2D eigenvalue weighted by atomic mass is 10.2. The molecule has 1 N–H and O–H groups in total. The van der Waals surface area contributed by atoms with Crippen LogP contribution in [0.15, 0.2) is 0 Å². The summed E-state index contributed by atoms with van der Waals surface area (Å²) in [6.45, 7) is 10.6. The first-order chi connectivity index (χ1) is 8.65. The van der Waals surface area contributed by atoms with Gasteiger partial charge < -0.3 is 15.1 Å². The molecule has 2 fully saturated rings. The van der Waals surface area contributed by atoms with Crippen LogP contribution in [0.5, 0.6) is 0 Å². The summed E-state index contributed by atoms with van der Waals surface area (Å²) >= 11 is 0. The minimum absolute atomic E-state index is 0.0941. The van der Waals surface area contributed by atoms with E-state index in [4.69, 9.17) is 0 Å². The Morgan fingerprint density at radius 2 is 2.00 bits per heavy atom. The van der Waals surface area contributed by atoms with Gasteiger partial charge >= 0.3 is 0 Å². The van der Waals surface area contributed by atoms with Crippen LogP contribution < -0.4 is 5.32 Å². The van der Waals surface area contributed by atoms with Gasteiger partial charge in [-0.05, 0) is 39.3 Å². The SMILES string of the molecule is CCN(CC)CC(C)N1CCC(NC2CC2)C1=O. The molecule has 1 saturated heterocycles. The number of amides is 1. The van der Waals surface area contributed by atoms with E-state index in [0.717, 1.165) is 32.6 Å². The fourth-order valence-electron chi connectivity index (χ4n) is 2.78. The second kappa shape index (κ2) is 6.02. The van der Waals surface area contributed by atoms with Gasteiger partial charge in [0, 0.05) is 25.2 Å². The third kappa shape index (κ3) is 3.23. The second-order valence-electron chi connectivity index (χ2n) is 5.65. The van der Waals surface area contributed by atoms with Crippen molar-refractivity contribution in [2.75, 3.05) is 26.2 Å². The lowest BCUT2D eigenvalue weighted by Gasteiger charge is -2.30. The summed E-state index contributed by atoms with van der Waals surface area (Å²) in [5.74, 6) is 0.321. The molecule has 1 heterocycles. The lowest BCUT2D eigenvalue weighted by molar-refractivity contribution is -0.131. The molecule has 1 saturated carbocycles. The molecule has 2 atom stereocenters. The molecule has 0 radical (unpaired) electrons. The molecule has 18 heavy (non-hydrogen) atoms. The number of nitrogens with one attached hydrogen (secondary N) is 1. The van der Waals surface area contributed by atoms with E-state index < -0.39 is 0 Å². The third-order valence-corrected chi connectivity index (χ3v) is 4.20. The predicted molar refractivity (Wildman–Crippen MR) is 73.5 cm³/mol. The van der Waals surface area contributed by atoms with Crippen molar-refractivity contribution in [1.29, 1.82) is 0 Å². The fourth-order valence-corrected chi connectivity index (χ4v) is 2.78. The maximum absolute atomic E-state index is 12.3. The molecule has 0 aromatic carbocycles. The van der Waals surface area contributed by atoms with Crippen LogP contribution in [0.25, 0.3) is 0 Å². The predicted octanol–water partition coefficient (Wildman–Crippen LogP) is 1.07. The van der Waals surface area contributed by atoms with Crippen molar-refractivity contribution in [2.24, 2.45) is 0 Å². The summed E-state index contributed by atoms with van der Waals surface area (Å²) in [7, 11) is 0. The summed E-state index contributed by atoms with van der Waals surface area (Å²) in [4.78, 5) is 16.8. The second-order valence-corrected chi connectivity index (χ2v) is 5.65. The van der Waals surface area contributed by atoms with Crippen molar-refractivity contribution >= 4 is 5.91 Å². The Kier molecular flexibility index (Phi) is 4.62. The molecular formula is C14H27N3O. The smallest absolute Gasteiger partial charge is 0.240 e. The number of hydrogen-bond acceptors (Lipinski definition) is 3. The van der Waals surface area contributed by atoms with E-state index in [-0.39, 0.29) is 6.04 Å². The van der Waals surface area contributed by atoms with Crippen LogP contribution in [0, 0.1) is 0 Å². The highest BCUT2D eigenvalue weighted by Crippen LogP contribution is 2.23. The maximum atomic E-state index is 12.3. The number of nitrogens with zero attached hydrogens (tertiary/aromatic N) is 2. The van der Waals surface area contributed by atoms with Crippen molar-refractivity contribution < 1.29 is 4.79 Å². The molecule has 2 rings (SSSR count). The lowest BCUT2D eigenvalue weighted by Crippen LogP contribution is -2.46. The summed E-state index contributed by atoms with van der Waals surface area (Å²) < 4.78 is 0. The standard InChI is InChI=1S/C14H27N3O/c1-4-16(5-2)10-11(3)17-9-8-13(14(17)18)15-12-6-7-12/h11-13,15H,4-10H2,1-3H3. The van der Waals surface area contributed by atoms with Gasteiger partial charge in [-0.1, -0.05) is 13.8 Å². The van der Waals surface area contributed by atoms with Gasteiger partial charge in [-0.25, -0.2) is 0 Å². The van der Waals surface area contributed by atoms with Crippen LogP contribution in [0.2, 0.25) is 0 Å². The zero-order chi connectivity index (χ0) is 13.1. The van der Waals surface area contributed by atoms with Crippen LogP contribution in [-0.2, 0) is 4.79 Å². The van der Waals surface area contributed by atoms with Crippen molar-refractivity contribution in [3.05, 3.63) is 0 Å². The summed E-state index contributed by atoms with van der Waals surface area (Å²) in [5.41, 5.74) is 0. The van der Waals surface area contributed by atoms with E-state index in [2.05, 4.69) is 35.9 Å². The van der Waals surface area contributed by atoms with E-state index in [1.54, 1.807) is 0 Å². The fraction of sp³-hybridized carbons (Fsp3) is 0.929. The topological polar surface area (TPSA) is 35.6 Å². The van der Waals surface area contributed by atoms with Gasteiger partial charge in [0.25, 0.3) is 0 Å². The van der Waals surface area contributed by atoms with E-state index in [0.29, 0.717) is 18.0 Å². The molecule has 1 amide bonds. The number of rotatable bonds is 7. The molecular weight excluding hydrogens is 226 g/mol. The molecule has 2 unspecified atom stereocenters. The summed E-state index contributed by atoms with van der Waals surface area (Å²) in [5, 5.41) is 3.46. The van der Waals surface area contributed by atoms with E-state index >= 15 is 0 Å². The van der Waals surface area contributed by atoms with Gasteiger partial charge in [0.1, 0.15) is 0 Å². The van der Waals surface area contributed by atoms with Crippen LogP contribution in [0.3, 0.4) is 0 Å². The normalized spacial score (nSPS) is 26.1. The van der Waals surface area contributed by atoms with Gasteiger partial charge in [-0.3, -0.25) is 4.79 Å². The van der Waals surface area contributed by atoms with E-state index in [1.165, 1.54) is 12.8 Å². The highest BCUT2D eigenvalue weighted by atomic mass is 16.2. The third-order valence-electron chi connectivity index (χ3n) is 4.20. The Hall–Kier alpha value is -0.610. The first-order valence-electron chi connectivity index (χ1n) is 7.44. The van der Waals surface area contributed by atoms with Crippen LogP contribution in [-0.4, -0.2) is 60.0 Å². The number of carbonyl (C=O) groups is 1. The minimum Gasteiger partial charge on any atom is -0.337 e. The number of likely N-dealkylation sites (N-methyl/N-ethyl adjacent to an activating group) is 1. The van der Waals surface area contributed by atoms with Crippen molar-refractivity contribution in [2.45, 2.75) is 58.2 Å². The summed E-state index contributed by atoms with van der Waals surface area (Å²) in [6, 6.07) is 1.05. The number of hydrogen-bond donors (Lipinski definition) is 1. The van der Waals surface area contributed by atoms with Gasteiger partial charge in [-0.2, -0.15) is 0 Å².